The van der Waals surface area contributed by atoms with E-state index in [1.165, 1.54) is 17.8 Å². The highest BCUT2D eigenvalue weighted by atomic mass is 32.2. The van der Waals surface area contributed by atoms with Crippen molar-refractivity contribution < 1.29 is 9.72 Å². The van der Waals surface area contributed by atoms with E-state index >= 15 is 0 Å². The number of carbonyl (C=O) groups is 1. The van der Waals surface area contributed by atoms with Crippen LogP contribution in [0.4, 0.5) is 5.69 Å². The van der Waals surface area contributed by atoms with Crippen LogP contribution in [0.2, 0.25) is 0 Å². The van der Waals surface area contributed by atoms with Gasteiger partial charge in [-0.1, -0.05) is 12.1 Å². The molecule has 0 aliphatic heterocycles. The van der Waals surface area contributed by atoms with Crippen LogP contribution in [0, 0.1) is 10.1 Å². The van der Waals surface area contributed by atoms with Crippen LogP contribution in [-0.4, -0.2) is 22.0 Å². The van der Waals surface area contributed by atoms with E-state index in [4.69, 9.17) is 0 Å². The van der Waals surface area contributed by atoms with Crippen molar-refractivity contribution in [2.75, 3.05) is 6.26 Å². The number of hydrogen-bond donors (Lipinski definition) is 0. The van der Waals surface area contributed by atoms with Gasteiger partial charge in [0.1, 0.15) is 0 Å². The molecule has 134 valence electrons. The first-order valence-electron chi connectivity index (χ1n) is 7.75. The number of nitro benzene ring substituents is 1. The van der Waals surface area contributed by atoms with Crippen LogP contribution in [0.25, 0.3) is 0 Å². The van der Waals surface area contributed by atoms with Gasteiger partial charge in [-0.25, -0.2) is 0 Å². The van der Waals surface area contributed by atoms with Gasteiger partial charge < -0.3 is 4.90 Å². The Morgan fingerprint density at radius 2 is 1.73 bits per heavy atom. The first-order valence-corrected chi connectivity index (χ1v) is 10.7. The molecule has 2 aromatic heterocycles. The molecule has 0 saturated carbocycles. The Bertz CT molecular complexity index is 856. The summed E-state index contributed by atoms with van der Waals surface area (Å²) in [6.07, 6.45) is 1.78. The fourth-order valence-corrected chi connectivity index (χ4v) is 4.51. The molecule has 1 amide bonds. The summed E-state index contributed by atoms with van der Waals surface area (Å²) in [5.74, 6) is -0.206. The van der Waals surface area contributed by atoms with Crippen molar-refractivity contribution >= 4 is 46.0 Å². The summed E-state index contributed by atoms with van der Waals surface area (Å²) in [5, 5.41) is 15.3. The van der Waals surface area contributed by atoms with E-state index in [2.05, 4.69) is 0 Å². The Morgan fingerprint density at radius 3 is 2.19 bits per heavy atom. The standard InChI is InChI=1S/C18H16N2O3S3/c1-24-17-7-6-13(10-16(17)20(22)23)18(21)19(11-14-4-2-8-25-14)12-15-5-3-9-26-15/h2-10H,11-12H2,1H3. The van der Waals surface area contributed by atoms with E-state index in [-0.39, 0.29) is 11.6 Å². The molecule has 0 aliphatic carbocycles. The van der Waals surface area contributed by atoms with Crippen molar-refractivity contribution in [1.29, 1.82) is 0 Å². The smallest absolute Gasteiger partial charge is 0.283 e. The molecule has 5 nitrogen and oxygen atoms in total. The zero-order valence-electron chi connectivity index (χ0n) is 14.0. The Labute approximate surface area is 163 Å². The molecule has 26 heavy (non-hydrogen) atoms. The molecule has 0 atom stereocenters. The summed E-state index contributed by atoms with van der Waals surface area (Å²) in [5.41, 5.74) is 0.304. The SMILES string of the molecule is CSc1ccc(C(=O)N(Cc2cccs2)Cc2cccs2)cc1[N+](=O)[O-]. The van der Waals surface area contributed by atoms with Crippen LogP contribution >= 0.6 is 34.4 Å². The second-order valence-corrected chi connectivity index (χ2v) is 8.38. The Kier molecular flexibility index (Phi) is 6.08. The lowest BCUT2D eigenvalue weighted by molar-refractivity contribution is -0.387. The number of thioether (sulfide) groups is 1. The van der Waals surface area contributed by atoms with Crippen molar-refractivity contribution in [3.8, 4) is 0 Å². The molecule has 3 rings (SSSR count). The quantitative estimate of drug-likeness (QED) is 0.305. The Balaban J connectivity index is 1.91. The van der Waals surface area contributed by atoms with Crippen LogP contribution < -0.4 is 0 Å². The number of nitro groups is 1. The average molecular weight is 405 g/mol. The minimum atomic E-state index is -0.439. The third-order valence-corrected chi connectivity index (χ3v) is 6.27. The summed E-state index contributed by atoms with van der Waals surface area (Å²) < 4.78 is 0. The van der Waals surface area contributed by atoms with Crippen LogP contribution in [0.1, 0.15) is 20.1 Å². The van der Waals surface area contributed by atoms with Crippen molar-refractivity contribution in [3.63, 3.8) is 0 Å². The predicted octanol–water partition coefficient (Wildman–Crippen LogP) is 5.28. The van der Waals surface area contributed by atoms with Gasteiger partial charge in [0.15, 0.2) is 0 Å². The normalized spacial score (nSPS) is 10.7. The number of rotatable bonds is 7. The minimum Gasteiger partial charge on any atom is -0.328 e. The lowest BCUT2D eigenvalue weighted by Crippen LogP contribution is -2.29. The van der Waals surface area contributed by atoms with E-state index in [9.17, 15) is 14.9 Å². The highest BCUT2D eigenvalue weighted by molar-refractivity contribution is 7.98. The lowest BCUT2D eigenvalue weighted by Gasteiger charge is -2.22. The number of hydrogen-bond acceptors (Lipinski definition) is 6. The monoisotopic (exact) mass is 404 g/mol. The van der Waals surface area contributed by atoms with Gasteiger partial charge in [-0.15, -0.1) is 34.4 Å². The maximum Gasteiger partial charge on any atom is 0.283 e. The number of thiophene rings is 2. The largest absolute Gasteiger partial charge is 0.328 e. The van der Waals surface area contributed by atoms with Gasteiger partial charge in [0.25, 0.3) is 11.6 Å². The Hall–Kier alpha value is -2.16. The van der Waals surface area contributed by atoms with Gasteiger partial charge in [0.2, 0.25) is 0 Å². The number of carbonyl (C=O) groups excluding carboxylic acids is 1. The van der Waals surface area contributed by atoms with Crippen LogP contribution in [0.5, 0.6) is 0 Å². The van der Waals surface area contributed by atoms with E-state index in [0.29, 0.717) is 23.5 Å². The summed E-state index contributed by atoms with van der Waals surface area (Å²) >= 11 is 4.47. The maximum atomic E-state index is 13.1. The molecular weight excluding hydrogens is 388 g/mol. The molecular formula is C18H16N2O3S3. The van der Waals surface area contributed by atoms with E-state index in [1.807, 2.05) is 35.0 Å². The Morgan fingerprint density at radius 1 is 1.12 bits per heavy atom. The molecule has 0 bridgehead atoms. The molecule has 3 aromatic rings. The number of nitrogens with zero attached hydrogens (tertiary/aromatic N) is 2. The van der Waals surface area contributed by atoms with Crippen LogP contribution in [-0.2, 0) is 13.1 Å². The molecule has 1 aromatic carbocycles. The molecule has 8 heteroatoms. The summed E-state index contributed by atoms with van der Waals surface area (Å²) in [7, 11) is 0. The van der Waals surface area contributed by atoms with Gasteiger partial charge in [0.05, 0.1) is 22.9 Å². The summed E-state index contributed by atoms with van der Waals surface area (Å²) in [6, 6.07) is 12.6. The third-order valence-electron chi connectivity index (χ3n) is 3.76. The highest BCUT2D eigenvalue weighted by Gasteiger charge is 2.22. The zero-order valence-corrected chi connectivity index (χ0v) is 16.4. The maximum absolute atomic E-state index is 13.1. The average Bonchev–Trinajstić information content (AvgIpc) is 3.34. The van der Waals surface area contributed by atoms with E-state index < -0.39 is 4.92 Å². The topological polar surface area (TPSA) is 63.5 Å². The van der Waals surface area contributed by atoms with Crippen molar-refractivity contribution in [3.05, 3.63) is 78.7 Å². The third kappa shape index (κ3) is 4.32. The molecule has 0 radical (unpaired) electrons. The minimum absolute atomic E-state index is 0.0319. The van der Waals surface area contributed by atoms with E-state index in [1.54, 1.807) is 46.0 Å². The first kappa shape index (κ1) is 18.6. The molecule has 2 heterocycles. The second-order valence-electron chi connectivity index (χ2n) is 5.46. The van der Waals surface area contributed by atoms with Crippen molar-refractivity contribution in [2.24, 2.45) is 0 Å². The van der Waals surface area contributed by atoms with Gasteiger partial charge in [-0.2, -0.15) is 0 Å². The molecule has 0 unspecified atom stereocenters. The fourth-order valence-electron chi connectivity index (χ4n) is 2.53. The lowest BCUT2D eigenvalue weighted by atomic mass is 10.1. The van der Waals surface area contributed by atoms with Gasteiger partial charge in [-0.3, -0.25) is 14.9 Å². The second kappa shape index (κ2) is 8.48. The first-order chi connectivity index (χ1) is 12.6. The van der Waals surface area contributed by atoms with Crippen LogP contribution in [0.3, 0.4) is 0 Å². The van der Waals surface area contributed by atoms with Gasteiger partial charge in [-0.05, 0) is 41.3 Å². The molecule has 0 fully saturated rings. The number of benzene rings is 1. The number of amides is 1. The highest BCUT2D eigenvalue weighted by Crippen LogP contribution is 2.29. The molecule has 0 spiro atoms. The predicted molar refractivity (Wildman–Crippen MR) is 107 cm³/mol. The molecule has 0 saturated heterocycles. The van der Waals surface area contributed by atoms with Gasteiger partial charge >= 0.3 is 0 Å². The molecule has 0 aliphatic rings. The van der Waals surface area contributed by atoms with Gasteiger partial charge in [0, 0.05) is 21.4 Å². The summed E-state index contributed by atoms with van der Waals surface area (Å²) in [6.45, 7) is 0.957. The van der Waals surface area contributed by atoms with E-state index in [0.717, 1.165) is 9.75 Å². The van der Waals surface area contributed by atoms with Crippen molar-refractivity contribution in [2.45, 2.75) is 18.0 Å². The molecule has 0 N–H and O–H groups in total. The van der Waals surface area contributed by atoms with Crippen molar-refractivity contribution in [1.82, 2.24) is 4.90 Å². The summed E-state index contributed by atoms with van der Waals surface area (Å²) in [4.78, 5) is 28.4. The van der Waals surface area contributed by atoms with Crippen LogP contribution in [0.15, 0.2) is 58.1 Å². The fraction of sp³-hybridized carbons (Fsp3) is 0.167. The zero-order chi connectivity index (χ0) is 18.5.